The molecule has 2 aromatic rings. The van der Waals surface area contributed by atoms with Crippen LogP contribution in [0.4, 0.5) is 5.69 Å². The maximum absolute atomic E-state index is 11.4. The van der Waals surface area contributed by atoms with Crippen molar-refractivity contribution in [3.05, 3.63) is 41.0 Å². The van der Waals surface area contributed by atoms with Crippen LogP contribution in [-0.2, 0) is 20.0 Å². The smallest absolute Gasteiger partial charge is 0.336 e. The number of aromatic nitrogens is 3. The molecule has 0 spiro atoms. The summed E-state index contributed by atoms with van der Waals surface area (Å²) in [4.78, 5) is 13.5. The summed E-state index contributed by atoms with van der Waals surface area (Å²) in [6.45, 7) is 3.47. The molecule has 3 rings (SSSR count). The molecule has 1 aliphatic rings. The van der Waals surface area contributed by atoms with E-state index in [-0.39, 0.29) is 0 Å². The Morgan fingerprint density at radius 2 is 2.19 bits per heavy atom. The van der Waals surface area contributed by atoms with Gasteiger partial charge in [0.2, 0.25) is 0 Å². The summed E-state index contributed by atoms with van der Waals surface area (Å²) in [5.74, 6) is 0.908. The van der Waals surface area contributed by atoms with Gasteiger partial charge in [-0.1, -0.05) is 6.07 Å². The van der Waals surface area contributed by atoms with Gasteiger partial charge in [-0.2, -0.15) is 0 Å². The molecule has 0 fully saturated rings. The second-order valence-corrected chi connectivity index (χ2v) is 5.36. The number of anilines is 1. The number of benzene rings is 1. The molecule has 2 heterocycles. The summed E-state index contributed by atoms with van der Waals surface area (Å²) in [5, 5.41) is 17.6. The number of carboxylic acid groups (broad SMARTS) is 1. The Hall–Kier alpha value is -2.37. The lowest BCUT2D eigenvalue weighted by molar-refractivity contribution is 0.0695. The second-order valence-electron chi connectivity index (χ2n) is 5.36. The van der Waals surface area contributed by atoms with Crippen LogP contribution in [0.1, 0.15) is 34.0 Å². The number of rotatable bonds is 3. The molecule has 6 nitrogen and oxygen atoms in total. The lowest BCUT2D eigenvalue weighted by atomic mass is 9.96. The Balaban J connectivity index is 1.96. The third kappa shape index (κ3) is 2.37. The van der Waals surface area contributed by atoms with Gasteiger partial charge in [0.1, 0.15) is 5.82 Å². The Bertz CT molecular complexity index is 693. The number of nitrogens with zero attached hydrogens (tertiary/aromatic N) is 4. The minimum absolute atomic E-state index is 0.409. The van der Waals surface area contributed by atoms with Gasteiger partial charge in [0.15, 0.2) is 5.82 Å². The van der Waals surface area contributed by atoms with Gasteiger partial charge in [-0.05, 0) is 37.5 Å². The maximum Gasteiger partial charge on any atom is 0.336 e. The van der Waals surface area contributed by atoms with Crippen molar-refractivity contribution in [2.45, 2.75) is 26.3 Å². The minimum atomic E-state index is -0.858. The highest BCUT2D eigenvalue weighted by Crippen LogP contribution is 2.30. The molecule has 0 aliphatic carbocycles. The minimum Gasteiger partial charge on any atom is -0.478 e. The van der Waals surface area contributed by atoms with Crippen LogP contribution in [0.15, 0.2) is 18.2 Å². The molecule has 6 heteroatoms. The highest BCUT2D eigenvalue weighted by Gasteiger charge is 2.23. The van der Waals surface area contributed by atoms with E-state index in [4.69, 9.17) is 0 Å². The number of carboxylic acids is 1. The maximum atomic E-state index is 11.4. The molecule has 1 N–H and O–H groups in total. The fraction of sp³-hybridized carbons (Fsp3) is 0.400. The first-order valence-electron chi connectivity index (χ1n) is 7.03. The fourth-order valence-corrected chi connectivity index (χ4v) is 2.82. The van der Waals surface area contributed by atoms with Crippen molar-refractivity contribution in [3.63, 3.8) is 0 Å². The van der Waals surface area contributed by atoms with Crippen LogP contribution in [0.2, 0.25) is 0 Å². The number of hydrogen-bond donors (Lipinski definition) is 1. The number of carbonyl (C=O) groups is 1. The molecule has 0 atom stereocenters. The number of fused-ring (bicyclic) bond motifs is 1. The van der Waals surface area contributed by atoms with Crippen molar-refractivity contribution in [1.82, 2.24) is 14.8 Å². The number of hydrogen-bond acceptors (Lipinski definition) is 4. The SMILES string of the molecule is Cc1nnc(CN2CCCc3c(C(=O)O)cccc32)n1C. The van der Waals surface area contributed by atoms with Gasteiger partial charge in [-0.15, -0.1) is 10.2 Å². The summed E-state index contributed by atoms with van der Waals surface area (Å²) >= 11 is 0. The molecule has 0 saturated heterocycles. The Morgan fingerprint density at radius 1 is 1.38 bits per heavy atom. The number of aryl methyl sites for hydroxylation is 1. The predicted molar refractivity (Wildman–Crippen MR) is 78.5 cm³/mol. The summed E-state index contributed by atoms with van der Waals surface area (Å²) in [7, 11) is 1.95. The van der Waals surface area contributed by atoms with Crippen LogP contribution in [-0.4, -0.2) is 32.4 Å². The van der Waals surface area contributed by atoms with Crippen LogP contribution in [0.25, 0.3) is 0 Å². The van der Waals surface area contributed by atoms with Gasteiger partial charge < -0.3 is 14.6 Å². The van der Waals surface area contributed by atoms with Crippen LogP contribution in [0, 0.1) is 6.92 Å². The number of aromatic carboxylic acids is 1. The zero-order valence-corrected chi connectivity index (χ0v) is 12.2. The van der Waals surface area contributed by atoms with Crippen LogP contribution < -0.4 is 4.90 Å². The molecule has 0 bridgehead atoms. The molecule has 0 radical (unpaired) electrons. The standard InChI is InChI=1S/C15H18N4O2/c1-10-16-17-14(18(10)2)9-19-8-4-6-11-12(15(20)21)5-3-7-13(11)19/h3,5,7H,4,6,8-9H2,1-2H3,(H,20,21). The average molecular weight is 286 g/mol. The van der Waals surface area contributed by atoms with E-state index in [0.717, 1.165) is 42.3 Å². The van der Waals surface area contributed by atoms with Crippen molar-refractivity contribution < 1.29 is 9.90 Å². The van der Waals surface area contributed by atoms with Crippen molar-refractivity contribution in [2.24, 2.45) is 7.05 Å². The fourth-order valence-electron chi connectivity index (χ4n) is 2.82. The van der Waals surface area contributed by atoms with Crippen LogP contribution in [0.3, 0.4) is 0 Å². The van der Waals surface area contributed by atoms with Gasteiger partial charge in [-0.25, -0.2) is 4.79 Å². The highest BCUT2D eigenvalue weighted by atomic mass is 16.4. The van der Waals surface area contributed by atoms with Crippen molar-refractivity contribution in [3.8, 4) is 0 Å². The second kappa shape index (κ2) is 5.20. The summed E-state index contributed by atoms with van der Waals surface area (Å²) in [6, 6.07) is 5.48. The van der Waals surface area contributed by atoms with Crippen molar-refractivity contribution in [2.75, 3.05) is 11.4 Å². The van der Waals surface area contributed by atoms with Crippen LogP contribution >= 0.6 is 0 Å². The van der Waals surface area contributed by atoms with Crippen molar-refractivity contribution >= 4 is 11.7 Å². The van der Waals surface area contributed by atoms with Gasteiger partial charge in [0, 0.05) is 19.3 Å². The lowest BCUT2D eigenvalue weighted by Crippen LogP contribution is -2.31. The highest BCUT2D eigenvalue weighted by molar-refractivity contribution is 5.91. The van der Waals surface area contributed by atoms with E-state index in [0.29, 0.717) is 12.1 Å². The lowest BCUT2D eigenvalue weighted by Gasteiger charge is -2.31. The Morgan fingerprint density at radius 3 is 2.86 bits per heavy atom. The molecule has 1 aromatic heterocycles. The van der Waals surface area contributed by atoms with E-state index in [9.17, 15) is 9.90 Å². The van der Waals surface area contributed by atoms with Crippen molar-refractivity contribution in [1.29, 1.82) is 0 Å². The molecule has 0 unspecified atom stereocenters. The third-order valence-corrected chi connectivity index (χ3v) is 4.09. The first kappa shape index (κ1) is 13.6. The van der Waals surface area contributed by atoms with E-state index >= 15 is 0 Å². The molecular weight excluding hydrogens is 268 g/mol. The zero-order valence-electron chi connectivity index (χ0n) is 12.2. The largest absolute Gasteiger partial charge is 0.478 e. The van der Waals surface area contributed by atoms with E-state index in [2.05, 4.69) is 15.1 Å². The molecule has 21 heavy (non-hydrogen) atoms. The topological polar surface area (TPSA) is 71.2 Å². The Labute approximate surface area is 123 Å². The van der Waals surface area contributed by atoms with E-state index in [1.807, 2.05) is 30.7 Å². The van der Waals surface area contributed by atoms with Gasteiger partial charge in [-0.3, -0.25) is 0 Å². The third-order valence-electron chi connectivity index (χ3n) is 4.09. The van der Waals surface area contributed by atoms with E-state index < -0.39 is 5.97 Å². The monoisotopic (exact) mass is 286 g/mol. The predicted octanol–water partition coefficient (Wildman–Crippen LogP) is 1.77. The normalized spacial score (nSPS) is 14.1. The Kier molecular flexibility index (Phi) is 3.37. The van der Waals surface area contributed by atoms with Crippen LogP contribution in [0.5, 0.6) is 0 Å². The first-order valence-corrected chi connectivity index (χ1v) is 7.03. The van der Waals surface area contributed by atoms with E-state index in [1.54, 1.807) is 6.07 Å². The summed E-state index contributed by atoms with van der Waals surface area (Å²) < 4.78 is 1.97. The zero-order chi connectivity index (χ0) is 15.0. The van der Waals surface area contributed by atoms with Gasteiger partial charge >= 0.3 is 5.97 Å². The molecule has 1 aliphatic heterocycles. The average Bonchev–Trinajstić information content (AvgIpc) is 2.79. The van der Waals surface area contributed by atoms with Gasteiger partial charge in [0.05, 0.1) is 12.1 Å². The molecule has 1 aromatic carbocycles. The molecule has 110 valence electrons. The summed E-state index contributed by atoms with van der Waals surface area (Å²) in [6.07, 6.45) is 1.76. The first-order chi connectivity index (χ1) is 10.1. The van der Waals surface area contributed by atoms with Gasteiger partial charge in [0.25, 0.3) is 0 Å². The molecule has 0 amide bonds. The molecular formula is C15H18N4O2. The summed E-state index contributed by atoms with van der Waals surface area (Å²) in [5.41, 5.74) is 2.34. The van der Waals surface area contributed by atoms with E-state index in [1.165, 1.54) is 0 Å². The quantitative estimate of drug-likeness (QED) is 0.931. The molecule has 0 saturated carbocycles.